The van der Waals surface area contributed by atoms with Crippen LogP contribution in [0.25, 0.3) is 11.4 Å². The van der Waals surface area contributed by atoms with Gasteiger partial charge in [-0.05, 0) is 24.3 Å². The first-order valence-electron chi connectivity index (χ1n) is 7.69. The quantitative estimate of drug-likeness (QED) is 0.526. The molecule has 0 aromatic carbocycles. The molecular formula is C17H15N5O4. The molecule has 0 radical (unpaired) electrons. The molecule has 0 aliphatic rings. The van der Waals surface area contributed by atoms with E-state index < -0.39 is 23.6 Å². The van der Waals surface area contributed by atoms with E-state index in [1.165, 1.54) is 0 Å². The van der Waals surface area contributed by atoms with Crippen molar-refractivity contribution >= 4 is 17.6 Å². The Hall–Kier alpha value is -3.75. The van der Waals surface area contributed by atoms with Crippen LogP contribution in [0.1, 0.15) is 16.1 Å². The first kappa shape index (κ1) is 17.1. The standard InChI is InChI=1S/C17H15N5O4/c18-16(24)15(23)13(8-10-4-3-7-19-10)21-17(25)11-9-26-22-14(11)12-5-1-2-6-20-12/h1-7,9,13,19H,8H2,(H2,18,24)(H,21,25). The Labute approximate surface area is 147 Å². The maximum Gasteiger partial charge on any atom is 0.287 e. The van der Waals surface area contributed by atoms with Crippen molar-refractivity contribution in [3.8, 4) is 11.4 Å². The van der Waals surface area contributed by atoms with Gasteiger partial charge in [0.15, 0.2) is 0 Å². The number of pyridine rings is 1. The smallest absolute Gasteiger partial charge is 0.287 e. The van der Waals surface area contributed by atoms with Crippen molar-refractivity contribution in [2.24, 2.45) is 5.73 Å². The molecule has 3 aromatic rings. The lowest BCUT2D eigenvalue weighted by molar-refractivity contribution is -0.137. The second-order valence-electron chi connectivity index (χ2n) is 5.45. The molecule has 2 amide bonds. The van der Waals surface area contributed by atoms with Crippen molar-refractivity contribution in [3.05, 3.63) is 60.2 Å². The number of carbonyl (C=O) groups excluding carboxylic acids is 3. The molecule has 1 atom stereocenters. The number of primary amides is 1. The molecule has 0 aliphatic carbocycles. The fourth-order valence-electron chi connectivity index (χ4n) is 2.42. The van der Waals surface area contributed by atoms with Crippen molar-refractivity contribution in [1.82, 2.24) is 20.4 Å². The average molecular weight is 353 g/mol. The highest BCUT2D eigenvalue weighted by molar-refractivity contribution is 6.38. The molecule has 132 valence electrons. The molecular weight excluding hydrogens is 338 g/mol. The lowest BCUT2D eigenvalue weighted by atomic mass is 10.1. The summed E-state index contributed by atoms with van der Waals surface area (Å²) in [5.74, 6) is -2.65. The lowest BCUT2D eigenvalue weighted by Crippen LogP contribution is -2.47. The van der Waals surface area contributed by atoms with Crippen LogP contribution in [-0.4, -0.2) is 38.8 Å². The Kier molecular flexibility index (Phi) is 4.88. The first-order chi connectivity index (χ1) is 12.6. The molecule has 4 N–H and O–H groups in total. The van der Waals surface area contributed by atoms with Crippen molar-refractivity contribution in [2.45, 2.75) is 12.5 Å². The van der Waals surface area contributed by atoms with Crippen LogP contribution in [0, 0.1) is 0 Å². The van der Waals surface area contributed by atoms with Crippen LogP contribution in [0.4, 0.5) is 0 Å². The minimum atomic E-state index is -1.13. The van der Waals surface area contributed by atoms with Crippen molar-refractivity contribution in [3.63, 3.8) is 0 Å². The van der Waals surface area contributed by atoms with Gasteiger partial charge in [0, 0.05) is 24.5 Å². The van der Waals surface area contributed by atoms with Crippen LogP contribution in [0.3, 0.4) is 0 Å². The second kappa shape index (κ2) is 7.43. The largest absolute Gasteiger partial charge is 0.365 e. The SMILES string of the molecule is NC(=O)C(=O)C(Cc1ccc[nH]1)NC(=O)c1conc1-c1ccccn1. The number of Topliss-reactive ketones (excluding diaryl/α,β-unsaturated/α-hetero) is 1. The number of aromatic amines is 1. The molecule has 0 spiro atoms. The topological polar surface area (TPSA) is 144 Å². The summed E-state index contributed by atoms with van der Waals surface area (Å²) in [6, 6.07) is 7.48. The number of ketones is 1. The fraction of sp³-hybridized carbons (Fsp3) is 0.118. The zero-order valence-electron chi connectivity index (χ0n) is 13.5. The highest BCUT2D eigenvalue weighted by Crippen LogP contribution is 2.19. The zero-order valence-corrected chi connectivity index (χ0v) is 13.5. The summed E-state index contributed by atoms with van der Waals surface area (Å²) in [5, 5.41) is 6.30. The third-order valence-corrected chi connectivity index (χ3v) is 3.67. The summed E-state index contributed by atoms with van der Waals surface area (Å²) < 4.78 is 4.88. The van der Waals surface area contributed by atoms with Gasteiger partial charge >= 0.3 is 0 Å². The van der Waals surface area contributed by atoms with E-state index in [9.17, 15) is 14.4 Å². The minimum Gasteiger partial charge on any atom is -0.365 e. The normalized spacial score (nSPS) is 11.7. The average Bonchev–Trinajstić information content (AvgIpc) is 3.32. The Morgan fingerprint density at radius 2 is 2.08 bits per heavy atom. The van der Waals surface area contributed by atoms with E-state index in [4.69, 9.17) is 10.3 Å². The van der Waals surface area contributed by atoms with Gasteiger partial charge in [-0.15, -0.1) is 0 Å². The predicted molar refractivity (Wildman–Crippen MR) is 89.7 cm³/mol. The van der Waals surface area contributed by atoms with Crippen LogP contribution in [0.2, 0.25) is 0 Å². The summed E-state index contributed by atoms with van der Waals surface area (Å²) in [6.07, 6.45) is 4.46. The molecule has 0 fully saturated rings. The van der Waals surface area contributed by atoms with E-state index >= 15 is 0 Å². The molecule has 3 heterocycles. The van der Waals surface area contributed by atoms with Gasteiger partial charge in [-0.3, -0.25) is 19.4 Å². The van der Waals surface area contributed by atoms with E-state index in [1.54, 1.807) is 42.7 Å². The molecule has 0 saturated heterocycles. The van der Waals surface area contributed by atoms with E-state index in [-0.39, 0.29) is 17.7 Å². The maximum atomic E-state index is 12.6. The van der Waals surface area contributed by atoms with E-state index in [0.29, 0.717) is 11.4 Å². The van der Waals surface area contributed by atoms with Gasteiger partial charge in [-0.25, -0.2) is 0 Å². The summed E-state index contributed by atoms with van der Waals surface area (Å²) >= 11 is 0. The number of nitrogens with one attached hydrogen (secondary N) is 2. The number of carbonyl (C=O) groups is 3. The summed E-state index contributed by atoms with van der Waals surface area (Å²) in [6.45, 7) is 0. The van der Waals surface area contributed by atoms with Gasteiger partial charge in [0.05, 0.1) is 5.69 Å². The fourth-order valence-corrected chi connectivity index (χ4v) is 2.42. The Bertz CT molecular complexity index is 918. The maximum absolute atomic E-state index is 12.6. The summed E-state index contributed by atoms with van der Waals surface area (Å²) in [4.78, 5) is 43.0. The Balaban J connectivity index is 1.83. The van der Waals surface area contributed by atoms with Gasteiger partial charge < -0.3 is 20.6 Å². The van der Waals surface area contributed by atoms with Crippen LogP contribution >= 0.6 is 0 Å². The number of nitrogens with zero attached hydrogens (tertiary/aromatic N) is 2. The predicted octanol–water partition coefficient (Wildman–Crippen LogP) is 0.460. The van der Waals surface area contributed by atoms with Crippen molar-refractivity contribution in [1.29, 1.82) is 0 Å². The number of hydrogen-bond donors (Lipinski definition) is 3. The molecule has 26 heavy (non-hydrogen) atoms. The second-order valence-corrected chi connectivity index (χ2v) is 5.45. The number of rotatable bonds is 7. The summed E-state index contributed by atoms with van der Waals surface area (Å²) in [5.41, 5.74) is 6.52. The molecule has 3 aromatic heterocycles. The van der Waals surface area contributed by atoms with Gasteiger partial charge in [0.25, 0.3) is 11.8 Å². The van der Waals surface area contributed by atoms with Crippen molar-refractivity contribution in [2.75, 3.05) is 0 Å². The monoisotopic (exact) mass is 353 g/mol. The van der Waals surface area contributed by atoms with Gasteiger partial charge in [0.1, 0.15) is 23.6 Å². The minimum absolute atomic E-state index is 0.0880. The Morgan fingerprint density at radius 3 is 2.73 bits per heavy atom. The highest BCUT2D eigenvalue weighted by atomic mass is 16.5. The number of H-pyrrole nitrogens is 1. The van der Waals surface area contributed by atoms with E-state index in [1.807, 2.05) is 0 Å². The molecule has 0 aliphatic heterocycles. The molecule has 0 bridgehead atoms. The Morgan fingerprint density at radius 1 is 1.23 bits per heavy atom. The van der Waals surface area contributed by atoms with Gasteiger partial charge in [-0.1, -0.05) is 11.2 Å². The third-order valence-electron chi connectivity index (χ3n) is 3.67. The number of nitrogens with two attached hydrogens (primary N) is 1. The lowest BCUT2D eigenvalue weighted by Gasteiger charge is -2.15. The van der Waals surface area contributed by atoms with E-state index in [2.05, 4.69) is 20.4 Å². The van der Waals surface area contributed by atoms with Crippen molar-refractivity contribution < 1.29 is 18.9 Å². The molecule has 1 unspecified atom stereocenters. The highest BCUT2D eigenvalue weighted by Gasteiger charge is 2.28. The van der Waals surface area contributed by atoms with Crippen LogP contribution < -0.4 is 11.1 Å². The molecule has 3 rings (SSSR count). The van der Waals surface area contributed by atoms with E-state index in [0.717, 1.165) is 6.26 Å². The zero-order chi connectivity index (χ0) is 18.5. The number of hydrogen-bond acceptors (Lipinski definition) is 6. The summed E-state index contributed by atoms with van der Waals surface area (Å²) in [7, 11) is 0. The third kappa shape index (κ3) is 3.66. The molecule has 9 heteroatoms. The molecule has 0 saturated carbocycles. The number of aromatic nitrogens is 3. The van der Waals surface area contributed by atoms with Crippen LogP contribution in [-0.2, 0) is 16.0 Å². The van der Waals surface area contributed by atoms with Gasteiger partial charge in [0.2, 0.25) is 5.78 Å². The van der Waals surface area contributed by atoms with Crippen LogP contribution in [0.15, 0.2) is 53.5 Å². The molecule has 9 nitrogen and oxygen atoms in total. The van der Waals surface area contributed by atoms with Gasteiger partial charge in [-0.2, -0.15) is 0 Å². The number of amides is 2. The first-order valence-corrected chi connectivity index (χ1v) is 7.69. The van der Waals surface area contributed by atoms with Crippen LogP contribution in [0.5, 0.6) is 0 Å².